The Bertz CT molecular complexity index is 1740. The lowest BCUT2D eigenvalue weighted by molar-refractivity contribution is -0.118. The molecular formula is C36H40N6O2S. The molecule has 0 saturated carbocycles. The molecule has 1 fully saturated rings. The molecule has 3 N–H and O–H groups in total. The predicted molar refractivity (Wildman–Crippen MR) is 185 cm³/mol. The number of H-pyrrole nitrogens is 1. The highest BCUT2D eigenvalue weighted by Crippen LogP contribution is 2.34. The first kappa shape index (κ1) is 30.4. The number of nitrogens with one attached hydrogen (secondary N) is 3. The zero-order valence-electron chi connectivity index (χ0n) is 26.0. The summed E-state index contributed by atoms with van der Waals surface area (Å²) in [5.74, 6) is -0.547. The van der Waals surface area contributed by atoms with Crippen molar-refractivity contribution in [2.75, 3.05) is 50.5 Å². The summed E-state index contributed by atoms with van der Waals surface area (Å²) in [7, 11) is 4.05. The SMILES string of the molecule is CC(c1c[nH]c2ccccc12)C(NC(=O)N1CCN(c2ccccc2)CC1)C(=O)Nc1cc(CN(C)C)ccc1-c1cccs1. The topological polar surface area (TPSA) is 83.7 Å². The monoisotopic (exact) mass is 620 g/mol. The number of rotatable bonds is 9. The molecule has 3 amide bonds. The molecule has 45 heavy (non-hydrogen) atoms. The molecule has 2 aromatic heterocycles. The Morgan fingerprint density at radius 1 is 0.933 bits per heavy atom. The summed E-state index contributed by atoms with van der Waals surface area (Å²) in [4.78, 5) is 38.7. The molecule has 3 aromatic carbocycles. The lowest BCUT2D eigenvalue weighted by atomic mass is 9.92. The maximum Gasteiger partial charge on any atom is 0.318 e. The minimum Gasteiger partial charge on any atom is -0.368 e. The average Bonchev–Trinajstić information content (AvgIpc) is 3.74. The number of nitrogens with zero attached hydrogens (tertiary/aromatic N) is 3. The van der Waals surface area contributed by atoms with E-state index in [1.165, 1.54) is 0 Å². The number of aromatic nitrogens is 1. The van der Waals surface area contributed by atoms with Gasteiger partial charge in [-0.3, -0.25) is 4.79 Å². The first-order valence-electron chi connectivity index (χ1n) is 15.4. The third kappa shape index (κ3) is 6.90. The molecule has 5 aromatic rings. The van der Waals surface area contributed by atoms with Gasteiger partial charge in [-0.1, -0.05) is 61.5 Å². The number of urea groups is 1. The summed E-state index contributed by atoms with van der Waals surface area (Å²) in [6.45, 7) is 5.37. The second-order valence-corrected chi connectivity index (χ2v) is 12.8. The maximum atomic E-state index is 14.3. The molecule has 0 radical (unpaired) electrons. The molecule has 9 heteroatoms. The molecule has 6 rings (SSSR count). The molecule has 232 valence electrons. The number of carbonyl (C=O) groups is 2. The summed E-state index contributed by atoms with van der Waals surface area (Å²) in [5.41, 5.74) is 5.93. The van der Waals surface area contributed by atoms with E-state index in [4.69, 9.17) is 0 Å². The third-order valence-electron chi connectivity index (χ3n) is 8.49. The van der Waals surface area contributed by atoms with Gasteiger partial charge in [-0.2, -0.15) is 0 Å². The van der Waals surface area contributed by atoms with Crippen LogP contribution < -0.4 is 15.5 Å². The van der Waals surface area contributed by atoms with Crippen LogP contribution in [0, 0.1) is 0 Å². The van der Waals surface area contributed by atoms with Gasteiger partial charge in [0, 0.05) is 77.6 Å². The van der Waals surface area contributed by atoms with Crippen LogP contribution in [0.25, 0.3) is 21.3 Å². The van der Waals surface area contributed by atoms with Crippen LogP contribution in [0.2, 0.25) is 0 Å². The molecule has 1 aliphatic rings. The van der Waals surface area contributed by atoms with Gasteiger partial charge in [-0.05, 0) is 60.9 Å². The van der Waals surface area contributed by atoms with E-state index >= 15 is 0 Å². The van der Waals surface area contributed by atoms with E-state index in [1.807, 2.05) is 86.0 Å². The van der Waals surface area contributed by atoms with Gasteiger partial charge in [0.1, 0.15) is 6.04 Å². The number of fused-ring (bicyclic) bond motifs is 1. The maximum absolute atomic E-state index is 14.3. The largest absolute Gasteiger partial charge is 0.368 e. The first-order chi connectivity index (χ1) is 21.9. The van der Waals surface area contributed by atoms with E-state index in [1.54, 1.807) is 11.3 Å². The van der Waals surface area contributed by atoms with Gasteiger partial charge in [-0.25, -0.2) is 4.79 Å². The molecule has 1 aliphatic heterocycles. The number of benzene rings is 3. The Morgan fingerprint density at radius 2 is 1.69 bits per heavy atom. The van der Waals surface area contributed by atoms with Crippen molar-refractivity contribution in [3.63, 3.8) is 0 Å². The predicted octanol–water partition coefficient (Wildman–Crippen LogP) is 6.60. The zero-order valence-corrected chi connectivity index (χ0v) is 26.8. The molecule has 0 spiro atoms. The normalized spacial score (nSPS) is 14.8. The lowest BCUT2D eigenvalue weighted by Crippen LogP contribution is -2.56. The Hall–Kier alpha value is -4.60. The van der Waals surface area contributed by atoms with Crippen LogP contribution >= 0.6 is 11.3 Å². The van der Waals surface area contributed by atoms with Crippen LogP contribution in [-0.2, 0) is 11.3 Å². The van der Waals surface area contributed by atoms with Gasteiger partial charge in [0.05, 0.1) is 0 Å². The standard InChI is InChI=1S/C36H40N6O2S/c1-25(30-23-37-31-13-8-7-12-28(30)31)34(39-36(44)42-19-17-41(18-20-42)27-10-5-4-6-11-27)35(43)38-32-22-26(24-40(2)3)15-16-29(32)33-14-9-21-45-33/h4-16,21-23,25,34,37H,17-20,24H2,1-3H3,(H,38,43)(H,39,44). The van der Waals surface area contributed by atoms with Crippen LogP contribution in [0.1, 0.15) is 24.0 Å². The van der Waals surface area contributed by atoms with E-state index in [2.05, 4.69) is 61.8 Å². The number of hydrogen-bond donors (Lipinski definition) is 3. The smallest absolute Gasteiger partial charge is 0.318 e. The minimum atomic E-state index is -0.808. The molecular weight excluding hydrogens is 581 g/mol. The van der Waals surface area contributed by atoms with Gasteiger partial charge >= 0.3 is 6.03 Å². The van der Waals surface area contributed by atoms with Crippen molar-refractivity contribution in [3.8, 4) is 10.4 Å². The Kier molecular flexibility index (Phi) is 9.18. The van der Waals surface area contributed by atoms with Crippen LogP contribution in [0.5, 0.6) is 0 Å². The zero-order chi connectivity index (χ0) is 31.3. The van der Waals surface area contributed by atoms with Crippen LogP contribution in [0.4, 0.5) is 16.2 Å². The fraction of sp³-hybridized carbons (Fsp3) is 0.278. The van der Waals surface area contributed by atoms with Gasteiger partial charge < -0.3 is 30.3 Å². The summed E-state index contributed by atoms with van der Waals surface area (Å²) in [6.07, 6.45) is 1.95. The van der Waals surface area contributed by atoms with Crippen LogP contribution in [0.15, 0.2) is 96.5 Å². The van der Waals surface area contributed by atoms with Crippen molar-refractivity contribution in [2.45, 2.75) is 25.4 Å². The van der Waals surface area contributed by atoms with Crippen molar-refractivity contribution in [1.29, 1.82) is 0 Å². The van der Waals surface area contributed by atoms with E-state index in [9.17, 15) is 9.59 Å². The molecule has 3 heterocycles. The van der Waals surface area contributed by atoms with E-state index in [0.29, 0.717) is 13.1 Å². The second-order valence-electron chi connectivity index (χ2n) is 11.9. The van der Waals surface area contributed by atoms with Crippen molar-refractivity contribution < 1.29 is 9.59 Å². The fourth-order valence-electron chi connectivity index (χ4n) is 6.11. The fourth-order valence-corrected chi connectivity index (χ4v) is 6.88. The molecule has 2 atom stereocenters. The quantitative estimate of drug-likeness (QED) is 0.173. The number of thiophene rings is 1. The minimum absolute atomic E-state index is 0.227. The molecule has 0 aliphatic carbocycles. The van der Waals surface area contributed by atoms with E-state index < -0.39 is 6.04 Å². The van der Waals surface area contributed by atoms with Crippen molar-refractivity contribution in [2.24, 2.45) is 0 Å². The van der Waals surface area contributed by atoms with Gasteiger partial charge in [0.25, 0.3) is 0 Å². The molecule has 8 nitrogen and oxygen atoms in total. The number of para-hydroxylation sites is 2. The summed E-state index contributed by atoms with van der Waals surface area (Å²) in [6, 6.07) is 27.6. The number of aromatic amines is 1. The Balaban J connectivity index is 1.27. The highest BCUT2D eigenvalue weighted by Gasteiger charge is 2.32. The third-order valence-corrected chi connectivity index (χ3v) is 9.39. The highest BCUT2D eigenvalue weighted by molar-refractivity contribution is 7.13. The summed E-state index contributed by atoms with van der Waals surface area (Å²) < 4.78 is 0. The first-order valence-corrected chi connectivity index (χ1v) is 16.3. The Labute approximate surface area is 268 Å². The van der Waals surface area contributed by atoms with Gasteiger partial charge in [-0.15, -0.1) is 11.3 Å². The van der Waals surface area contributed by atoms with Gasteiger partial charge in [0.2, 0.25) is 5.91 Å². The number of anilines is 2. The molecule has 2 unspecified atom stereocenters. The van der Waals surface area contributed by atoms with Crippen molar-refractivity contribution in [1.82, 2.24) is 20.1 Å². The molecule has 0 bridgehead atoms. The average molecular weight is 621 g/mol. The number of amides is 3. The van der Waals surface area contributed by atoms with E-state index in [-0.39, 0.29) is 17.9 Å². The summed E-state index contributed by atoms with van der Waals surface area (Å²) in [5, 5.41) is 9.47. The highest BCUT2D eigenvalue weighted by atomic mass is 32.1. The van der Waals surface area contributed by atoms with Crippen LogP contribution in [0.3, 0.4) is 0 Å². The number of hydrogen-bond acceptors (Lipinski definition) is 5. The van der Waals surface area contributed by atoms with Gasteiger partial charge in [0.15, 0.2) is 0 Å². The summed E-state index contributed by atoms with van der Waals surface area (Å²) >= 11 is 1.63. The second kappa shape index (κ2) is 13.6. The lowest BCUT2D eigenvalue weighted by Gasteiger charge is -2.37. The van der Waals surface area contributed by atoms with E-state index in [0.717, 1.165) is 63.5 Å². The number of piperazine rings is 1. The molecule has 1 saturated heterocycles. The Morgan fingerprint density at radius 3 is 2.42 bits per heavy atom. The number of carbonyl (C=O) groups excluding carboxylic acids is 2. The van der Waals surface area contributed by atoms with Crippen LogP contribution in [-0.4, -0.2) is 73.0 Å². The van der Waals surface area contributed by atoms with Crippen molar-refractivity contribution in [3.05, 3.63) is 108 Å². The van der Waals surface area contributed by atoms with Crippen molar-refractivity contribution >= 4 is 45.6 Å².